The molecule has 0 aromatic heterocycles. The topological polar surface area (TPSA) is 15.3 Å². The largest absolute Gasteiger partial charge is 0.380 e. The predicted molar refractivity (Wildman–Crippen MR) is 81.8 cm³/mol. The molecule has 3 rings (SSSR count). The number of rotatable bonds is 4. The fourth-order valence-corrected chi connectivity index (χ4v) is 2.82. The summed E-state index contributed by atoms with van der Waals surface area (Å²) in [6, 6.07) is 15.6. The summed E-state index contributed by atoms with van der Waals surface area (Å²) in [7, 11) is 0. The van der Waals surface area contributed by atoms with Gasteiger partial charge < -0.3 is 10.2 Å². The van der Waals surface area contributed by atoms with Crippen LogP contribution in [0.4, 0.5) is 15.8 Å². The monoisotopic (exact) mass is 270 g/mol. The second kappa shape index (κ2) is 5.53. The van der Waals surface area contributed by atoms with Crippen molar-refractivity contribution in [1.82, 2.24) is 0 Å². The van der Waals surface area contributed by atoms with Crippen molar-refractivity contribution in [3.05, 3.63) is 59.9 Å². The quantitative estimate of drug-likeness (QED) is 0.911. The molecule has 1 heterocycles. The molecule has 2 aromatic rings. The number of nitrogens with one attached hydrogen (secondary N) is 1. The summed E-state index contributed by atoms with van der Waals surface area (Å²) < 4.78 is 13.0. The first-order valence-corrected chi connectivity index (χ1v) is 7.11. The first-order valence-electron chi connectivity index (χ1n) is 7.11. The first kappa shape index (κ1) is 13.0. The fraction of sp³-hybridized carbons (Fsp3) is 0.294. The number of benzene rings is 2. The van der Waals surface area contributed by atoms with E-state index in [0.29, 0.717) is 6.04 Å². The van der Waals surface area contributed by atoms with Crippen LogP contribution in [-0.2, 0) is 6.42 Å². The molecular weight excluding hydrogens is 251 g/mol. The highest BCUT2D eigenvalue weighted by Gasteiger charge is 2.21. The Morgan fingerprint density at radius 1 is 1.15 bits per heavy atom. The van der Waals surface area contributed by atoms with Crippen LogP contribution in [0.1, 0.15) is 12.5 Å². The molecule has 0 bridgehead atoms. The summed E-state index contributed by atoms with van der Waals surface area (Å²) in [5.74, 6) is -0.184. The molecule has 1 aliphatic heterocycles. The van der Waals surface area contributed by atoms with Crippen molar-refractivity contribution in [2.75, 3.05) is 23.3 Å². The fourth-order valence-electron chi connectivity index (χ4n) is 2.82. The molecule has 0 radical (unpaired) electrons. The van der Waals surface area contributed by atoms with Gasteiger partial charge in [0.15, 0.2) is 0 Å². The summed E-state index contributed by atoms with van der Waals surface area (Å²) >= 11 is 0. The molecule has 1 aliphatic rings. The van der Waals surface area contributed by atoms with Crippen molar-refractivity contribution < 1.29 is 4.39 Å². The number of nitrogens with zero attached hydrogens (tertiary/aromatic N) is 1. The van der Waals surface area contributed by atoms with E-state index in [-0.39, 0.29) is 5.82 Å². The molecule has 20 heavy (non-hydrogen) atoms. The Hall–Kier alpha value is -2.03. The van der Waals surface area contributed by atoms with Crippen molar-refractivity contribution in [3.63, 3.8) is 0 Å². The normalized spacial score (nSPS) is 16.6. The van der Waals surface area contributed by atoms with E-state index in [1.54, 1.807) is 0 Å². The van der Waals surface area contributed by atoms with Gasteiger partial charge in [0.1, 0.15) is 5.82 Å². The maximum absolute atomic E-state index is 13.0. The van der Waals surface area contributed by atoms with Gasteiger partial charge in [-0.05, 0) is 49.2 Å². The third-order valence-electron chi connectivity index (χ3n) is 3.86. The molecule has 0 spiro atoms. The van der Waals surface area contributed by atoms with Crippen LogP contribution in [0.3, 0.4) is 0 Å². The minimum atomic E-state index is -0.184. The first-order chi connectivity index (χ1) is 9.76. The van der Waals surface area contributed by atoms with Crippen LogP contribution in [-0.4, -0.2) is 19.1 Å². The Kier molecular flexibility index (Phi) is 3.59. The molecule has 0 saturated carbocycles. The molecular formula is C17H19FN2. The second-order valence-corrected chi connectivity index (χ2v) is 5.22. The van der Waals surface area contributed by atoms with Gasteiger partial charge in [-0.1, -0.05) is 18.2 Å². The van der Waals surface area contributed by atoms with Crippen LogP contribution in [0.25, 0.3) is 0 Å². The van der Waals surface area contributed by atoms with E-state index in [1.165, 1.54) is 23.4 Å². The average molecular weight is 270 g/mol. The summed E-state index contributed by atoms with van der Waals surface area (Å²) in [5.41, 5.74) is 3.70. The van der Waals surface area contributed by atoms with E-state index in [0.717, 1.165) is 25.2 Å². The molecule has 0 saturated heterocycles. The Morgan fingerprint density at radius 2 is 1.90 bits per heavy atom. The molecule has 3 heteroatoms. The Morgan fingerprint density at radius 3 is 2.60 bits per heavy atom. The van der Waals surface area contributed by atoms with Gasteiger partial charge in [-0.15, -0.1) is 0 Å². The summed E-state index contributed by atoms with van der Waals surface area (Å²) in [4.78, 5) is 2.28. The Bertz CT molecular complexity index is 555. The van der Waals surface area contributed by atoms with Gasteiger partial charge in [-0.25, -0.2) is 4.39 Å². The van der Waals surface area contributed by atoms with Gasteiger partial charge in [0, 0.05) is 30.5 Å². The third kappa shape index (κ3) is 2.62. The van der Waals surface area contributed by atoms with E-state index in [1.807, 2.05) is 12.1 Å². The second-order valence-electron chi connectivity index (χ2n) is 5.22. The third-order valence-corrected chi connectivity index (χ3v) is 3.86. The number of hydrogen-bond donors (Lipinski definition) is 1. The van der Waals surface area contributed by atoms with Gasteiger partial charge in [0.2, 0.25) is 0 Å². The lowest BCUT2D eigenvalue weighted by atomic mass is 10.1. The van der Waals surface area contributed by atoms with Crippen LogP contribution in [0.2, 0.25) is 0 Å². The lowest BCUT2D eigenvalue weighted by molar-refractivity contribution is 0.627. The van der Waals surface area contributed by atoms with E-state index in [9.17, 15) is 4.39 Å². The van der Waals surface area contributed by atoms with Gasteiger partial charge in [0.05, 0.1) is 0 Å². The molecule has 1 atom stereocenters. The van der Waals surface area contributed by atoms with E-state index in [2.05, 4.69) is 41.4 Å². The summed E-state index contributed by atoms with van der Waals surface area (Å²) in [6.07, 6.45) is 1.05. The molecule has 0 fully saturated rings. The number of fused-ring (bicyclic) bond motifs is 1. The summed E-state index contributed by atoms with van der Waals surface area (Å²) in [6.45, 7) is 3.97. The minimum absolute atomic E-state index is 0.184. The number of halogens is 1. The Labute approximate surface area is 119 Å². The molecule has 0 aliphatic carbocycles. The average Bonchev–Trinajstić information content (AvgIpc) is 2.88. The van der Waals surface area contributed by atoms with Crippen LogP contribution >= 0.6 is 0 Å². The number of para-hydroxylation sites is 1. The molecule has 0 amide bonds. The predicted octanol–water partition coefficient (Wildman–Crippen LogP) is 3.69. The maximum atomic E-state index is 13.0. The molecule has 2 aromatic carbocycles. The SMILES string of the molecule is CCN(CC1Cc2ccccc2N1)c1ccc(F)cc1. The molecule has 2 nitrogen and oxygen atoms in total. The van der Waals surface area contributed by atoms with Gasteiger partial charge in [-0.3, -0.25) is 0 Å². The van der Waals surface area contributed by atoms with Crippen LogP contribution < -0.4 is 10.2 Å². The molecule has 1 unspecified atom stereocenters. The van der Waals surface area contributed by atoms with Gasteiger partial charge >= 0.3 is 0 Å². The number of anilines is 2. The Balaban J connectivity index is 1.69. The van der Waals surface area contributed by atoms with E-state index in [4.69, 9.17) is 0 Å². The molecule has 104 valence electrons. The highest BCUT2D eigenvalue weighted by Crippen LogP contribution is 2.26. The molecule has 1 N–H and O–H groups in total. The van der Waals surface area contributed by atoms with Gasteiger partial charge in [0.25, 0.3) is 0 Å². The lowest BCUT2D eigenvalue weighted by Gasteiger charge is -2.26. The standard InChI is InChI=1S/C17H19FN2/c1-2-20(16-9-7-14(18)8-10-16)12-15-11-13-5-3-4-6-17(13)19-15/h3-10,15,19H,2,11-12H2,1H3. The summed E-state index contributed by atoms with van der Waals surface area (Å²) in [5, 5.41) is 3.56. The zero-order valence-electron chi connectivity index (χ0n) is 11.6. The van der Waals surface area contributed by atoms with Crippen LogP contribution in [0, 0.1) is 5.82 Å². The highest BCUT2D eigenvalue weighted by molar-refractivity contribution is 5.57. The zero-order chi connectivity index (χ0) is 13.9. The van der Waals surface area contributed by atoms with E-state index < -0.39 is 0 Å². The van der Waals surface area contributed by atoms with Crippen molar-refractivity contribution in [2.45, 2.75) is 19.4 Å². The highest BCUT2D eigenvalue weighted by atomic mass is 19.1. The number of hydrogen-bond acceptors (Lipinski definition) is 2. The maximum Gasteiger partial charge on any atom is 0.123 e. The van der Waals surface area contributed by atoms with Crippen molar-refractivity contribution in [1.29, 1.82) is 0 Å². The van der Waals surface area contributed by atoms with Crippen LogP contribution in [0.15, 0.2) is 48.5 Å². The van der Waals surface area contributed by atoms with Crippen LogP contribution in [0.5, 0.6) is 0 Å². The van der Waals surface area contributed by atoms with Gasteiger partial charge in [-0.2, -0.15) is 0 Å². The minimum Gasteiger partial charge on any atom is -0.380 e. The lowest BCUT2D eigenvalue weighted by Crippen LogP contribution is -2.35. The number of likely N-dealkylation sites (N-methyl/N-ethyl adjacent to an activating group) is 1. The van der Waals surface area contributed by atoms with E-state index >= 15 is 0 Å². The smallest absolute Gasteiger partial charge is 0.123 e. The van der Waals surface area contributed by atoms with Crippen molar-refractivity contribution in [3.8, 4) is 0 Å². The van der Waals surface area contributed by atoms with Crippen molar-refractivity contribution >= 4 is 11.4 Å². The van der Waals surface area contributed by atoms with Crippen molar-refractivity contribution in [2.24, 2.45) is 0 Å². The zero-order valence-corrected chi connectivity index (χ0v) is 11.6.